The summed E-state index contributed by atoms with van der Waals surface area (Å²) < 4.78 is 11.6. The van der Waals surface area contributed by atoms with Gasteiger partial charge in [0, 0.05) is 0 Å². The number of ether oxygens (including phenoxy) is 2. The third-order valence-electron chi connectivity index (χ3n) is 5.08. The maximum Gasteiger partial charge on any atom is 0.408 e. The standard InChI is InChI=1S/C19H28N2O5Si/c1-12(19(2,3)4)27-21-15(17(23)25-5)14(16(21)22)20-18(24)26-11-13-9-7-6-8-10-13/h6-10,12,14-15H,11,27H2,1-5H3,(H,20,24). The minimum absolute atomic E-state index is 0.0420. The molecule has 0 aliphatic carbocycles. The molecule has 1 saturated heterocycles. The summed E-state index contributed by atoms with van der Waals surface area (Å²) in [4.78, 5) is 36.8. The number of carbonyl (C=O) groups excluding carboxylic acids is 3. The number of esters is 1. The van der Waals surface area contributed by atoms with E-state index in [0.29, 0.717) is 5.54 Å². The molecule has 148 valence electrons. The summed E-state index contributed by atoms with van der Waals surface area (Å²) in [6, 6.07) is 7.52. The molecule has 0 spiro atoms. The summed E-state index contributed by atoms with van der Waals surface area (Å²) >= 11 is 0. The van der Waals surface area contributed by atoms with E-state index in [0.717, 1.165) is 5.56 Å². The summed E-state index contributed by atoms with van der Waals surface area (Å²) in [5.41, 5.74) is 1.19. The number of rotatable bonds is 6. The molecule has 2 amide bonds. The van der Waals surface area contributed by atoms with Crippen molar-refractivity contribution in [3.8, 4) is 0 Å². The summed E-state index contributed by atoms with van der Waals surface area (Å²) in [7, 11) is 0.248. The van der Waals surface area contributed by atoms with E-state index < -0.39 is 33.8 Å². The molecule has 3 unspecified atom stereocenters. The minimum Gasteiger partial charge on any atom is -0.467 e. The molecule has 0 radical (unpaired) electrons. The Hall–Kier alpha value is -2.35. The smallest absolute Gasteiger partial charge is 0.408 e. The molecular weight excluding hydrogens is 364 g/mol. The van der Waals surface area contributed by atoms with Crippen molar-refractivity contribution in [3.63, 3.8) is 0 Å². The van der Waals surface area contributed by atoms with Gasteiger partial charge in [0.2, 0.25) is 5.91 Å². The number of amides is 2. The van der Waals surface area contributed by atoms with Crippen LogP contribution in [0.5, 0.6) is 0 Å². The molecule has 1 aromatic rings. The lowest BCUT2D eigenvalue weighted by molar-refractivity contribution is -0.161. The Morgan fingerprint density at radius 3 is 2.44 bits per heavy atom. The van der Waals surface area contributed by atoms with E-state index in [1.165, 1.54) is 7.11 Å². The lowest BCUT2D eigenvalue weighted by atomic mass is 9.93. The zero-order valence-corrected chi connectivity index (χ0v) is 17.9. The summed E-state index contributed by atoms with van der Waals surface area (Å²) in [6.45, 7) is 8.51. The van der Waals surface area contributed by atoms with Gasteiger partial charge in [-0.05, 0) is 16.5 Å². The Morgan fingerprint density at radius 2 is 1.89 bits per heavy atom. The second-order valence-electron chi connectivity index (χ2n) is 7.91. The number of β-lactam (4-membered cyclic amide) rings is 1. The van der Waals surface area contributed by atoms with Crippen LogP contribution in [0.3, 0.4) is 0 Å². The van der Waals surface area contributed by atoms with Crippen molar-refractivity contribution in [2.24, 2.45) is 5.41 Å². The van der Waals surface area contributed by atoms with E-state index >= 15 is 0 Å². The van der Waals surface area contributed by atoms with E-state index in [9.17, 15) is 14.4 Å². The first-order valence-corrected chi connectivity index (χ1v) is 10.5. The van der Waals surface area contributed by atoms with Crippen molar-refractivity contribution in [1.29, 1.82) is 0 Å². The normalized spacial score (nSPS) is 20.9. The number of carbonyl (C=O) groups is 3. The van der Waals surface area contributed by atoms with Gasteiger partial charge in [-0.15, -0.1) is 0 Å². The largest absolute Gasteiger partial charge is 0.467 e. The van der Waals surface area contributed by atoms with E-state index in [4.69, 9.17) is 9.47 Å². The molecule has 0 bridgehead atoms. The highest BCUT2D eigenvalue weighted by Crippen LogP contribution is 2.33. The highest BCUT2D eigenvalue weighted by Gasteiger charge is 2.53. The Kier molecular flexibility index (Phi) is 6.64. The zero-order valence-electron chi connectivity index (χ0n) is 16.5. The number of alkyl carbamates (subject to hydrolysis) is 1. The van der Waals surface area contributed by atoms with Gasteiger partial charge >= 0.3 is 12.1 Å². The second-order valence-corrected chi connectivity index (χ2v) is 10.2. The van der Waals surface area contributed by atoms with Crippen LogP contribution in [0.25, 0.3) is 0 Å². The Morgan fingerprint density at radius 1 is 1.26 bits per heavy atom. The van der Waals surface area contributed by atoms with Gasteiger partial charge in [0.05, 0.1) is 7.11 Å². The summed E-state index contributed by atoms with van der Waals surface area (Å²) in [5.74, 6) is -0.763. The average molecular weight is 393 g/mol. The second kappa shape index (κ2) is 8.56. The molecule has 1 aliphatic rings. The van der Waals surface area contributed by atoms with Gasteiger partial charge in [-0.25, -0.2) is 9.59 Å². The van der Waals surface area contributed by atoms with Crippen LogP contribution in [0, 0.1) is 5.41 Å². The number of nitrogens with zero attached hydrogens (tertiary/aromatic N) is 1. The molecule has 8 heteroatoms. The SMILES string of the molecule is COC(=O)C1C(NC(=O)OCc2ccccc2)C(=O)N1[SiH2]C(C)C(C)(C)C. The molecule has 0 aromatic heterocycles. The molecule has 1 aliphatic heterocycles. The van der Waals surface area contributed by atoms with Gasteiger partial charge in [0.1, 0.15) is 22.3 Å². The van der Waals surface area contributed by atoms with Gasteiger partial charge in [-0.2, -0.15) is 0 Å². The number of methoxy groups -OCH3 is 1. The molecular formula is C19H28N2O5Si. The van der Waals surface area contributed by atoms with Gasteiger partial charge in [0.15, 0.2) is 6.04 Å². The molecule has 3 atom stereocenters. The van der Waals surface area contributed by atoms with Crippen LogP contribution in [0.2, 0.25) is 5.54 Å². The summed E-state index contributed by atoms with van der Waals surface area (Å²) in [6.07, 6.45) is -0.726. The van der Waals surface area contributed by atoms with Crippen LogP contribution < -0.4 is 5.32 Å². The van der Waals surface area contributed by atoms with E-state index in [2.05, 4.69) is 33.0 Å². The van der Waals surface area contributed by atoms with Gasteiger partial charge < -0.3 is 19.4 Å². The van der Waals surface area contributed by atoms with Crippen molar-refractivity contribution < 1.29 is 23.9 Å². The molecule has 27 heavy (non-hydrogen) atoms. The Bertz CT molecular complexity index is 689. The van der Waals surface area contributed by atoms with E-state index in [1.54, 1.807) is 4.57 Å². The topological polar surface area (TPSA) is 84.9 Å². The van der Waals surface area contributed by atoms with Crippen LogP contribution in [0.1, 0.15) is 33.3 Å². The highest BCUT2D eigenvalue weighted by atomic mass is 28.2. The van der Waals surface area contributed by atoms with Crippen LogP contribution >= 0.6 is 0 Å². The Labute approximate surface area is 162 Å². The molecule has 1 N–H and O–H groups in total. The quantitative estimate of drug-likeness (QED) is 0.452. The first-order valence-electron chi connectivity index (χ1n) is 9.00. The number of benzene rings is 1. The molecule has 1 aromatic carbocycles. The molecule has 0 saturated carbocycles. The van der Waals surface area contributed by atoms with Crippen molar-refractivity contribution in [2.45, 2.75) is 51.9 Å². The van der Waals surface area contributed by atoms with Crippen molar-refractivity contribution in [3.05, 3.63) is 35.9 Å². The number of hydrogen-bond acceptors (Lipinski definition) is 5. The zero-order chi connectivity index (χ0) is 20.2. The van der Waals surface area contributed by atoms with E-state index in [-0.39, 0.29) is 17.9 Å². The highest BCUT2D eigenvalue weighted by molar-refractivity contribution is 6.42. The van der Waals surface area contributed by atoms with Gasteiger partial charge in [0.25, 0.3) is 0 Å². The third kappa shape index (κ3) is 5.09. The van der Waals surface area contributed by atoms with Crippen molar-refractivity contribution in [1.82, 2.24) is 9.88 Å². The minimum atomic E-state index is -1.03. The van der Waals surface area contributed by atoms with Crippen LogP contribution in [-0.2, 0) is 25.7 Å². The molecule has 7 nitrogen and oxygen atoms in total. The predicted molar refractivity (Wildman–Crippen MR) is 104 cm³/mol. The third-order valence-corrected chi connectivity index (χ3v) is 7.95. The predicted octanol–water partition coefficient (Wildman–Crippen LogP) is 1.60. The fourth-order valence-electron chi connectivity index (χ4n) is 2.74. The number of hydrogen-bond donors (Lipinski definition) is 1. The fraction of sp³-hybridized carbons (Fsp3) is 0.526. The maximum atomic E-state index is 12.5. The van der Waals surface area contributed by atoms with Crippen LogP contribution in [-0.4, -0.2) is 51.4 Å². The van der Waals surface area contributed by atoms with Crippen LogP contribution in [0.4, 0.5) is 4.79 Å². The maximum absolute atomic E-state index is 12.5. The first kappa shape index (κ1) is 21.0. The monoisotopic (exact) mass is 392 g/mol. The van der Waals surface area contributed by atoms with Crippen molar-refractivity contribution in [2.75, 3.05) is 7.11 Å². The van der Waals surface area contributed by atoms with Crippen molar-refractivity contribution >= 4 is 27.7 Å². The average Bonchev–Trinajstić information content (AvgIpc) is 2.64. The Balaban J connectivity index is 1.97. The van der Waals surface area contributed by atoms with Crippen LogP contribution in [0.15, 0.2) is 30.3 Å². The fourth-order valence-corrected chi connectivity index (χ4v) is 4.84. The van der Waals surface area contributed by atoms with E-state index in [1.807, 2.05) is 30.3 Å². The molecule has 1 fully saturated rings. The summed E-state index contributed by atoms with van der Waals surface area (Å²) in [5, 5.41) is 2.51. The lowest BCUT2D eigenvalue weighted by Gasteiger charge is -2.47. The first-order chi connectivity index (χ1) is 12.6. The van der Waals surface area contributed by atoms with Gasteiger partial charge in [-0.1, -0.05) is 58.0 Å². The lowest BCUT2D eigenvalue weighted by Crippen LogP contribution is -2.74. The molecule has 1 heterocycles. The molecule has 2 rings (SSSR count). The van der Waals surface area contributed by atoms with Gasteiger partial charge in [-0.3, -0.25) is 4.79 Å². The number of nitrogens with one attached hydrogen (secondary N) is 1.